The molecule has 1 aromatic carbocycles. The number of hydrogen-bond donors (Lipinski definition) is 0. The third-order valence-corrected chi connectivity index (χ3v) is 6.59. The normalized spacial score (nSPS) is 24.4. The van der Waals surface area contributed by atoms with Crippen molar-refractivity contribution < 1.29 is 19.1 Å². The molecule has 28 heavy (non-hydrogen) atoms. The van der Waals surface area contributed by atoms with Gasteiger partial charge in [0.2, 0.25) is 17.7 Å². The molecule has 2 atom stereocenters. The summed E-state index contributed by atoms with van der Waals surface area (Å²) in [6.45, 7) is 0.908. The minimum Gasteiger partial charge on any atom is -0.496 e. The standard InChI is InChI=1S/C21H23BrN2O4/c1-28-18-8-6-13(10-17(18)22)7-9-19(25)23-11-14(12-23)24-20(26)15-4-2-3-5-16(15)21(24)27/h2-3,6,8,10,14-16H,4-5,7,9,11-12H2,1H3. The number of benzene rings is 1. The zero-order chi connectivity index (χ0) is 19.8. The second kappa shape index (κ2) is 7.70. The molecule has 0 aromatic heterocycles. The SMILES string of the molecule is COc1ccc(CCC(=O)N2CC(N3C(=O)C4CC=CCC4C3=O)C2)cc1Br. The van der Waals surface area contributed by atoms with E-state index < -0.39 is 0 Å². The molecule has 6 nitrogen and oxygen atoms in total. The smallest absolute Gasteiger partial charge is 0.233 e. The number of imide groups is 1. The van der Waals surface area contributed by atoms with Crippen LogP contribution in [0.2, 0.25) is 0 Å². The fraction of sp³-hybridized carbons (Fsp3) is 0.476. The van der Waals surface area contributed by atoms with Crippen LogP contribution in [0.4, 0.5) is 0 Å². The number of likely N-dealkylation sites (tertiary alicyclic amines) is 2. The number of ether oxygens (including phenoxy) is 1. The molecule has 2 saturated heterocycles. The maximum absolute atomic E-state index is 12.6. The van der Waals surface area contributed by atoms with E-state index in [2.05, 4.69) is 15.9 Å². The van der Waals surface area contributed by atoms with Crippen molar-refractivity contribution in [3.8, 4) is 5.75 Å². The maximum atomic E-state index is 12.6. The molecular formula is C21H23BrN2O4. The Hall–Kier alpha value is -2.15. The van der Waals surface area contributed by atoms with E-state index in [9.17, 15) is 14.4 Å². The third kappa shape index (κ3) is 3.36. The first-order valence-corrected chi connectivity index (χ1v) is 10.4. The lowest BCUT2D eigenvalue weighted by Crippen LogP contribution is -2.62. The van der Waals surface area contributed by atoms with E-state index in [1.807, 2.05) is 30.4 Å². The van der Waals surface area contributed by atoms with Crippen molar-refractivity contribution >= 4 is 33.7 Å². The van der Waals surface area contributed by atoms with E-state index in [1.54, 1.807) is 12.0 Å². The topological polar surface area (TPSA) is 66.9 Å². The quantitative estimate of drug-likeness (QED) is 0.514. The number of aryl methyl sites for hydroxylation is 1. The first kappa shape index (κ1) is 19.2. The zero-order valence-corrected chi connectivity index (χ0v) is 17.4. The minimum atomic E-state index is -0.198. The fourth-order valence-electron chi connectivity index (χ4n) is 4.28. The van der Waals surface area contributed by atoms with Gasteiger partial charge in [0.15, 0.2) is 0 Å². The van der Waals surface area contributed by atoms with Gasteiger partial charge in [-0.05, 0) is 52.9 Å². The molecule has 7 heteroatoms. The first-order valence-electron chi connectivity index (χ1n) is 9.61. The van der Waals surface area contributed by atoms with Crippen LogP contribution in [0.5, 0.6) is 5.75 Å². The molecule has 0 N–H and O–H groups in total. The van der Waals surface area contributed by atoms with E-state index in [1.165, 1.54) is 4.90 Å². The van der Waals surface area contributed by atoms with E-state index in [-0.39, 0.29) is 35.6 Å². The molecule has 0 saturated carbocycles. The summed E-state index contributed by atoms with van der Waals surface area (Å²) in [5.74, 6) is 0.309. The summed E-state index contributed by atoms with van der Waals surface area (Å²) in [5, 5.41) is 0. The Labute approximate surface area is 172 Å². The summed E-state index contributed by atoms with van der Waals surface area (Å²) >= 11 is 3.46. The minimum absolute atomic E-state index is 0.0560. The number of allylic oxidation sites excluding steroid dienone is 2. The Morgan fingerprint density at radius 2 is 1.79 bits per heavy atom. The summed E-state index contributed by atoms with van der Waals surface area (Å²) in [6, 6.07) is 5.63. The van der Waals surface area contributed by atoms with Gasteiger partial charge in [-0.2, -0.15) is 0 Å². The van der Waals surface area contributed by atoms with Gasteiger partial charge in [0.05, 0.1) is 29.5 Å². The van der Waals surface area contributed by atoms with Gasteiger partial charge in [-0.25, -0.2) is 0 Å². The Morgan fingerprint density at radius 3 is 2.36 bits per heavy atom. The highest BCUT2D eigenvalue weighted by Crippen LogP contribution is 2.37. The van der Waals surface area contributed by atoms with Crippen LogP contribution in [0, 0.1) is 11.8 Å². The van der Waals surface area contributed by atoms with E-state index in [4.69, 9.17) is 4.74 Å². The largest absolute Gasteiger partial charge is 0.496 e. The molecule has 2 aliphatic heterocycles. The molecule has 2 unspecified atom stereocenters. The van der Waals surface area contributed by atoms with Gasteiger partial charge in [-0.15, -0.1) is 0 Å². The third-order valence-electron chi connectivity index (χ3n) is 5.97. The summed E-state index contributed by atoms with van der Waals surface area (Å²) in [7, 11) is 1.62. The Morgan fingerprint density at radius 1 is 1.14 bits per heavy atom. The second-order valence-corrected chi connectivity index (χ2v) is 8.48. The number of halogens is 1. The van der Waals surface area contributed by atoms with Crippen molar-refractivity contribution in [2.75, 3.05) is 20.2 Å². The fourth-order valence-corrected chi connectivity index (χ4v) is 4.87. The average Bonchev–Trinajstić information content (AvgIpc) is 2.91. The number of carbonyl (C=O) groups is 3. The summed E-state index contributed by atoms with van der Waals surface area (Å²) in [6.07, 6.45) is 6.33. The van der Waals surface area contributed by atoms with Crippen LogP contribution in [0.15, 0.2) is 34.8 Å². The highest BCUT2D eigenvalue weighted by Gasteiger charge is 2.52. The van der Waals surface area contributed by atoms with Crippen molar-refractivity contribution in [3.63, 3.8) is 0 Å². The molecule has 3 amide bonds. The van der Waals surface area contributed by atoms with E-state index in [0.717, 1.165) is 15.8 Å². The lowest BCUT2D eigenvalue weighted by molar-refractivity contribution is -0.152. The zero-order valence-electron chi connectivity index (χ0n) is 15.8. The average molecular weight is 447 g/mol. The van der Waals surface area contributed by atoms with Crippen molar-refractivity contribution in [1.29, 1.82) is 0 Å². The van der Waals surface area contributed by atoms with E-state index >= 15 is 0 Å². The van der Waals surface area contributed by atoms with Crippen LogP contribution in [-0.2, 0) is 20.8 Å². The molecule has 1 aliphatic carbocycles. The number of fused-ring (bicyclic) bond motifs is 1. The van der Waals surface area contributed by atoms with Gasteiger partial charge < -0.3 is 9.64 Å². The number of nitrogens with zero attached hydrogens (tertiary/aromatic N) is 2. The second-order valence-electron chi connectivity index (χ2n) is 7.62. The van der Waals surface area contributed by atoms with E-state index in [0.29, 0.717) is 38.8 Å². The predicted molar refractivity (Wildman–Crippen MR) is 107 cm³/mol. The molecule has 0 bridgehead atoms. The van der Waals surface area contributed by atoms with Crippen LogP contribution in [0.25, 0.3) is 0 Å². The van der Waals surface area contributed by atoms with Crippen LogP contribution < -0.4 is 4.74 Å². The molecular weight excluding hydrogens is 424 g/mol. The van der Waals surface area contributed by atoms with Crippen LogP contribution in [-0.4, -0.2) is 53.8 Å². The Kier molecular flexibility index (Phi) is 5.27. The molecule has 0 spiro atoms. The summed E-state index contributed by atoms with van der Waals surface area (Å²) < 4.78 is 6.08. The summed E-state index contributed by atoms with van der Waals surface area (Å²) in [4.78, 5) is 40.9. The molecule has 4 rings (SSSR count). The summed E-state index contributed by atoms with van der Waals surface area (Å²) in [5.41, 5.74) is 1.06. The van der Waals surface area contributed by atoms with Crippen LogP contribution in [0.3, 0.4) is 0 Å². The molecule has 2 heterocycles. The molecule has 2 fully saturated rings. The predicted octanol–water partition coefficient (Wildman–Crippen LogP) is 2.55. The van der Waals surface area contributed by atoms with Crippen molar-refractivity contribution in [3.05, 3.63) is 40.4 Å². The van der Waals surface area contributed by atoms with Gasteiger partial charge in [0.1, 0.15) is 5.75 Å². The van der Waals surface area contributed by atoms with Gasteiger partial charge in [-0.1, -0.05) is 18.2 Å². The van der Waals surface area contributed by atoms with Crippen molar-refractivity contribution in [1.82, 2.24) is 9.80 Å². The van der Waals surface area contributed by atoms with Crippen LogP contribution >= 0.6 is 15.9 Å². The Balaban J connectivity index is 1.29. The lowest BCUT2D eigenvalue weighted by Gasteiger charge is -2.43. The molecule has 3 aliphatic rings. The number of carbonyl (C=O) groups excluding carboxylic acids is 3. The number of methoxy groups -OCH3 is 1. The van der Waals surface area contributed by atoms with Gasteiger partial charge in [-0.3, -0.25) is 19.3 Å². The molecule has 0 radical (unpaired) electrons. The maximum Gasteiger partial charge on any atom is 0.233 e. The van der Waals surface area contributed by atoms with Gasteiger partial charge >= 0.3 is 0 Å². The van der Waals surface area contributed by atoms with Gasteiger partial charge in [0.25, 0.3) is 0 Å². The molecule has 148 valence electrons. The van der Waals surface area contributed by atoms with Crippen molar-refractivity contribution in [2.45, 2.75) is 31.7 Å². The van der Waals surface area contributed by atoms with Gasteiger partial charge in [0, 0.05) is 19.5 Å². The highest BCUT2D eigenvalue weighted by molar-refractivity contribution is 9.10. The lowest BCUT2D eigenvalue weighted by atomic mass is 9.85. The monoisotopic (exact) mass is 446 g/mol. The van der Waals surface area contributed by atoms with Crippen LogP contribution in [0.1, 0.15) is 24.8 Å². The number of rotatable bonds is 5. The highest BCUT2D eigenvalue weighted by atomic mass is 79.9. The first-order chi connectivity index (χ1) is 13.5. The number of amides is 3. The molecule has 1 aromatic rings. The van der Waals surface area contributed by atoms with Crippen molar-refractivity contribution in [2.24, 2.45) is 11.8 Å². The Bertz CT molecular complexity index is 821. The number of hydrogen-bond acceptors (Lipinski definition) is 4.